The summed E-state index contributed by atoms with van der Waals surface area (Å²) in [5.41, 5.74) is 0.103. The molecular weight excluding hydrogens is 310 g/mol. The van der Waals surface area contributed by atoms with Gasteiger partial charge >= 0.3 is 0 Å². The van der Waals surface area contributed by atoms with E-state index in [1.165, 1.54) is 12.8 Å². The highest BCUT2D eigenvalue weighted by molar-refractivity contribution is 5.26. The van der Waals surface area contributed by atoms with E-state index in [2.05, 4.69) is 37.5 Å². The van der Waals surface area contributed by atoms with Gasteiger partial charge in [-0.1, -0.05) is 55.0 Å². The zero-order valence-corrected chi connectivity index (χ0v) is 16.0. The van der Waals surface area contributed by atoms with Gasteiger partial charge in [0, 0.05) is 18.5 Å². The summed E-state index contributed by atoms with van der Waals surface area (Å²) in [6, 6.07) is 10.0. The third-order valence-corrected chi connectivity index (χ3v) is 5.38. The molecule has 0 unspecified atom stereocenters. The summed E-state index contributed by atoms with van der Waals surface area (Å²) in [5, 5.41) is 20.7. The second kappa shape index (κ2) is 8.85. The van der Waals surface area contributed by atoms with Crippen molar-refractivity contribution in [1.82, 2.24) is 4.90 Å². The van der Waals surface area contributed by atoms with Crippen molar-refractivity contribution < 1.29 is 10.2 Å². The van der Waals surface area contributed by atoms with E-state index in [1.54, 1.807) is 0 Å². The molecular formula is C22H33NO2. The van der Waals surface area contributed by atoms with Crippen LogP contribution in [-0.4, -0.2) is 40.3 Å². The van der Waals surface area contributed by atoms with Crippen LogP contribution in [0.1, 0.15) is 58.4 Å². The normalized spacial score (nSPS) is 18.0. The van der Waals surface area contributed by atoms with Crippen LogP contribution in [0.2, 0.25) is 0 Å². The van der Waals surface area contributed by atoms with Gasteiger partial charge in [0.05, 0.1) is 13.2 Å². The molecule has 1 aliphatic carbocycles. The molecule has 1 aliphatic rings. The number of β-amino-alcohol motifs (C(OH)–C–C–N with tert-alkyl or cyclic N) is 1. The van der Waals surface area contributed by atoms with Crippen LogP contribution in [0.25, 0.3) is 0 Å². The van der Waals surface area contributed by atoms with Gasteiger partial charge in [-0.3, -0.25) is 4.90 Å². The maximum Gasteiger partial charge on any atom is 0.103 e. The van der Waals surface area contributed by atoms with Crippen LogP contribution in [0, 0.1) is 17.8 Å². The van der Waals surface area contributed by atoms with Gasteiger partial charge in [0.1, 0.15) is 5.60 Å². The molecule has 0 amide bonds. The van der Waals surface area contributed by atoms with Gasteiger partial charge in [-0.05, 0) is 45.1 Å². The summed E-state index contributed by atoms with van der Waals surface area (Å²) in [4.78, 5) is 2.16. The number of aliphatic hydroxyl groups excluding tert-OH is 1. The predicted octanol–water partition coefficient (Wildman–Crippen LogP) is 3.55. The Bertz CT molecular complexity index is 576. The fraction of sp³-hybridized carbons (Fsp3) is 0.636. The third kappa shape index (κ3) is 5.31. The van der Waals surface area contributed by atoms with Gasteiger partial charge in [0.15, 0.2) is 0 Å². The summed E-state index contributed by atoms with van der Waals surface area (Å²) in [6.45, 7) is 7.74. The summed E-state index contributed by atoms with van der Waals surface area (Å²) < 4.78 is 0. The van der Waals surface area contributed by atoms with E-state index in [1.807, 2.05) is 30.3 Å². The molecule has 0 heterocycles. The van der Waals surface area contributed by atoms with Crippen molar-refractivity contribution in [3.63, 3.8) is 0 Å². The molecule has 3 nitrogen and oxygen atoms in total. The molecule has 1 atom stereocenters. The molecule has 3 heteroatoms. The van der Waals surface area contributed by atoms with E-state index in [4.69, 9.17) is 0 Å². The number of hydrogen-bond acceptors (Lipinski definition) is 3. The van der Waals surface area contributed by atoms with Gasteiger partial charge in [0.25, 0.3) is 0 Å². The first-order chi connectivity index (χ1) is 11.9. The van der Waals surface area contributed by atoms with Crippen molar-refractivity contribution in [2.45, 2.75) is 64.0 Å². The van der Waals surface area contributed by atoms with Crippen molar-refractivity contribution in [2.24, 2.45) is 5.92 Å². The minimum Gasteiger partial charge on any atom is -0.395 e. The van der Waals surface area contributed by atoms with Crippen LogP contribution in [0.3, 0.4) is 0 Å². The van der Waals surface area contributed by atoms with Crippen molar-refractivity contribution in [1.29, 1.82) is 0 Å². The molecule has 0 bridgehead atoms. The number of rotatable bonds is 6. The monoisotopic (exact) mass is 343 g/mol. The molecule has 2 rings (SSSR count). The number of hydrogen-bond donors (Lipinski definition) is 2. The van der Waals surface area contributed by atoms with Gasteiger partial charge in [-0.25, -0.2) is 0 Å². The van der Waals surface area contributed by atoms with Crippen LogP contribution in [0.5, 0.6) is 0 Å². The van der Waals surface area contributed by atoms with Crippen LogP contribution in [0.4, 0.5) is 0 Å². The molecule has 138 valence electrons. The first kappa shape index (κ1) is 20.0. The Morgan fingerprint density at radius 2 is 1.72 bits per heavy atom. The lowest BCUT2D eigenvalue weighted by molar-refractivity contribution is -0.0173. The molecule has 0 spiro atoms. The Balaban J connectivity index is 2.11. The second-order valence-electron chi connectivity index (χ2n) is 8.12. The third-order valence-electron chi connectivity index (χ3n) is 5.38. The first-order valence-electron chi connectivity index (χ1n) is 9.47. The Morgan fingerprint density at radius 3 is 2.28 bits per heavy atom. The average Bonchev–Trinajstić information content (AvgIpc) is 3.12. The van der Waals surface area contributed by atoms with E-state index in [9.17, 15) is 10.2 Å². The van der Waals surface area contributed by atoms with Crippen molar-refractivity contribution >= 4 is 0 Å². The van der Waals surface area contributed by atoms with Gasteiger partial charge in [-0.15, -0.1) is 0 Å². The predicted molar refractivity (Wildman–Crippen MR) is 103 cm³/mol. The van der Waals surface area contributed by atoms with Crippen LogP contribution in [0.15, 0.2) is 30.3 Å². The maximum atomic E-state index is 11.5. The molecule has 0 aromatic heterocycles. The SMILES string of the molecule is CC(C)(C)N(CC#CC[C@@](O)(c1ccccc1)C1CCCC1)CCO. The van der Waals surface area contributed by atoms with Crippen LogP contribution in [-0.2, 0) is 5.60 Å². The molecule has 0 aliphatic heterocycles. The molecule has 0 saturated heterocycles. The molecule has 1 fully saturated rings. The smallest absolute Gasteiger partial charge is 0.103 e. The lowest BCUT2D eigenvalue weighted by Gasteiger charge is -2.34. The van der Waals surface area contributed by atoms with E-state index in [-0.39, 0.29) is 12.1 Å². The topological polar surface area (TPSA) is 43.7 Å². The minimum absolute atomic E-state index is 0.0292. The molecule has 1 aromatic rings. The highest BCUT2D eigenvalue weighted by Crippen LogP contribution is 2.42. The van der Waals surface area contributed by atoms with Crippen molar-refractivity contribution in [3.05, 3.63) is 35.9 Å². The summed E-state index contributed by atoms with van der Waals surface area (Å²) in [6.07, 6.45) is 5.01. The maximum absolute atomic E-state index is 11.5. The minimum atomic E-state index is -0.853. The lowest BCUT2D eigenvalue weighted by atomic mass is 9.78. The number of aliphatic hydroxyl groups is 2. The highest BCUT2D eigenvalue weighted by Gasteiger charge is 2.39. The summed E-state index contributed by atoms with van der Waals surface area (Å²) in [5.74, 6) is 6.76. The van der Waals surface area contributed by atoms with Crippen LogP contribution < -0.4 is 0 Å². The van der Waals surface area contributed by atoms with E-state index in [0.717, 1.165) is 18.4 Å². The van der Waals surface area contributed by atoms with Gasteiger partial charge in [-0.2, -0.15) is 0 Å². The van der Waals surface area contributed by atoms with Crippen molar-refractivity contribution in [3.8, 4) is 11.8 Å². The summed E-state index contributed by atoms with van der Waals surface area (Å²) in [7, 11) is 0. The Labute approximate surface area is 153 Å². The largest absolute Gasteiger partial charge is 0.395 e. The van der Waals surface area contributed by atoms with Gasteiger partial charge < -0.3 is 10.2 Å². The molecule has 0 radical (unpaired) electrons. The number of nitrogens with zero attached hydrogens (tertiary/aromatic N) is 1. The second-order valence-corrected chi connectivity index (χ2v) is 8.12. The van der Waals surface area contributed by atoms with Gasteiger partial charge in [0.2, 0.25) is 0 Å². The summed E-state index contributed by atoms with van der Waals surface area (Å²) >= 11 is 0. The van der Waals surface area contributed by atoms with Crippen LogP contribution >= 0.6 is 0 Å². The lowest BCUT2D eigenvalue weighted by Crippen LogP contribution is -2.43. The Morgan fingerprint density at radius 1 is 1.08 bits per heavy atom. The fourth-order valence-electron chi connectivity index (χ4n) is 3.73. The zero-order chi connectivity index (χ0) is 18.3. The Kier molecular flexibility index (Phi) is 7.07. The molecule has 2 N–H and O–H groups in total. The number of benzene rings is 1. The van der Waals surface area contributed by atoms with E-state index in [0.29, 0.717) is 25.4 Å². The first-order valence-corrected chi connectivity index (χ1v) is 9.47. The molecule has 1 saturated carbocycles. The van der Waals surface area contributed by atoms with E-state index < -0.39 is 5.60 Å². The average molecular weight is 344 g/mol. The molecule has 1 aromatic carbocycles. The van der Waals surface area contributed by atoms with Crippen molar-refractivity contribution in [2.75, 3.05) is 19.7 Å². The Hall–Kier alpha value is -1.34. The quantitative estimate of drug-likeness (QED) is 0.776. The zero-order valence-electron chi connectivity index (χ0n) is 16.0. The fourth-order valence-corrected chi connectivity index (χ4v) is 3.73. The molecule has 25 heavy (non-hydrogen) atoms. The standard InChI is InChI=1S/C22H33NO2/c1-21(2,3)23(17-18-24)16-10-9-15-22(25,20-13-7-8-14-20)19-11-5-4-6-12-19/h4-6,11-12,20,24-25H,7-8,13-18H2,1-3H3/t22-/m1/s1. The highest BCUT2D eigenvalue weighted by atomic mass is 16.3. The van der Waals surface area contributed by atoms with E-state index >= 15 is 0 Å².